The summed E-state index contributed by atoms with van der Waals surface area (Å²) in [7, 11) is 3.42. The topological polar surface area (TPSA) is 133 Å². The maximum absolute atomic E-state index is 10.9. The quantitative estimate of drug-likeness (QED) is 0.662. The van der Waals surface area contributed by atoms with E-state index in [1.807, 2.05) is 36.2 Å². The third-order valence-electron chi connectivity index (χ3n) is 3.31. The molecule has 2 heterocycles. The summed E-state index contributed by atoms with van der Waals surface area (Å²) < 4.78 is 15.1. The highest BCUT2D eigenvalue weighted by atomic mass is 16.5. The second kappa shape index (κ2) is 7.09. The van der Waals surface area contributed by atoms with Crippen molar-refractivity contribution >= 4 is 5.91 Å². The first-order chi connectivity index (χ1) is 12.0. The first kappa shape index (κ1) is 16.6. The van der Waals surface area contributed by atoms with E-state index in [4.69, 9.17) is 19.5 Å². The van der Waals surface area contributed by atoms with Crippen molar-refractivity contribution in [2.24, 2.45) is 5.73 Å². The van der Waals surface area contributed by atoms with Crippen molar-refractivity contribution in [3.8, 4) is 17.1 Å². The standard InChI is InChI=1S/C15H16N6O4/c1-21(7-11-17-15(13(16)22)25-19-11)8-12-18-14(20-24-12)9-3-5-10(23-2)6-4-9/h3-6H,7-8H2,1-2H3,(H2,16,22). The lowest BCUT2D eigenvalue weighted by Gasteiger charge is -2.10. The zero-order valence-corrected chi connectivity index (χ0v) is 13.7. The van der Waals surface area contributed by atoms with Crippen LogP contribution in [0.3, 0.4) is 0 Å². The molecule has 0 aliphatic heterocycles. The summed E-state index contributed by atoms with van der Waals surface area (Å²) in [5.74, 6) is 1.04. The second-order valence-electron chi connectivity index (χ2n) is 5.29. The minimum atomic E-state index is -0.762. The number of hydrogen-bond acceptors (Lipinski definition) is 9. The van der Waals surface area contributed by atoms with Crippen LogP contribution in [0.4, 0.5) is 0 Å². The highest BCUT2D eigenvalue weighted by Crippen LogP contribution is 2.20. The number of primary amides is 1. The maximum Gasteiger partial charge on any atom is 0.315 e. The Morgan fingerprint density at radius 2 is 1.92 bits per heavy atom. The molecule has 0 saturated carbocycles. The lowest BCUT2D eigenvalue weighted by molar-refractivity contribution is 0.0958. The van der Waals surface area contributed by atoms with E-state index in [-0.39, 0.29) is 5.89 Å². The summed E-state index contributed by atoms with van der Waals surface area (Å²) in [6.45, 7) is 0.709. The van der Waals surface area contributed by atoms with Gasteiger partial charge in [-0.3, -0.25) is 9.69 Å². The van der Waals surface area contributed by atoms with Crippen LogP contribution < -0.4 is 10.5 Å². The van der Waals surface area contributed by atoms with Crippen LogP contribution in [0.2, 0.25) is 0 Å². The van der Waals surface area contributed by atoms with Crippen LogP contribution >= 0.6 is 0 Å². The molecule has 0 atom stereocenters. The number of hydrogen-bond donors (Lipinski definition) is 1. The van der Waals surface area contributed by atoms with Gasteiger partial charge >= 0.3 is 11.8 Å². The van der Waals surface area contributed by atoms with Crippen molar-refractivity contribution in [2.75, 3.05) is 14.2 Å². The predicted molar refractivity (Wildman–Crippen MR) is 84.3 cm³/mol. The molecule has 1 aromatic carbocycles. The second-order valence-corrected chi connectivity index (χ2v) is 5.29. The maximum atomic E-state index is 10.9. The molecule has 1 amide bonds. The smallest absolute Gasteiger partial charge is 0.315 e. The molecule has 25 heavy (non-hydrogen) atoms. The first-order valence-electron chi connectivity index (χ1n) is 7.33. The molecular formula is C15H16N6O4. The average molecular weight is 344 g/mol. The molecule has 0 unspecified atom stereocenters. The lowest BCUT2D eigenvalue weighted by Crippen LogP contribution is -2.18. The molecule has 0 bridgehead atoms. The molecule has 0 aliphatic carbocycles. The van der Waals surface area contributed by atoms with Gasteiger partial charge in [0.15, 0.2) is 5.82 Å². The van der Waals surface area contributed by atoms with Gasteiger partial charge in [-0.05, 0) is 31.3 Å². The summed E-state index contributed by atoms with van der Waals surface area (Å²) in [4.78, 5) is 21.0. The molecule has 2 N–H and O–H groups in total. The Hall–Kier alpha value is -3.27. The molecule has 0 aliphatic rings. The molecule has 0 radical (unpaired) electrons. The van der Waals surface area contributed by atoms with Crippen LogP contribution in [-0.4, -0.2) is 45.2 Å². The van der Waals surface area contributed by atoms with Crippen LogP contribution in [0.1, 0.15) is 22.4 Å². The monoisotopic (exact) mass is 344 g/mol. The van der Waals surface area contributed by atoms with Crippen molar-refractivity contribution in [3.05, 3.63) is 41.9 Å². The molecule has 0 fully saturated rings. The van der Waals surface area contributed by atoms with E-state index in [1.54, 1.807) is 7.11 Å². The number of aromatic nitrogens is 4. The van der Waals surface area contributed by atoms with E-state index < -0.39 is 5.91 Å². The summed E-state index contributed by atoms with van der Waals surface area (Å²) >= 11 is 0. The average Bonchev–Trinajstić information content (AvgIpc) is 3.24. The first-order valence-corrected chi connectivity index (χ1v) is 7.33. The van der Waals surface area contributed by atoms with Crippen molar-refractivity contribution in [1.82, 2.24) is 25.2 Å². The van der Waals surface area contributed by atoms with Crippen LogP contribution in [0.5, 0.6) is 5.75 Å². The molecule has 0 saturated heterocycles. The molecule has 3 aromatic rings. The Kier molecular flexibility index (Phi) is 4.70. The number of methoxy groups -OCH3 is 1. The van der Waals surface area contributed by atoms with Gasteiger partial charge in [-0.15, -0.1) is 0 Å². The van der Waals surface area contributed by atoms with Crippen molar-refractivity contribution in [3.63, 3.8) is 0 Å². The van der Waals surface area contributed by atoms with Gasteiger partial charge in [-0.1, -0.05) is 10.3 Å². The van der Waals surface area contributed by atoms with E-state index in [0.717, 1.165) is 11.3 Å². The van der Waals surface area contributed by atoms with Crippen LogP contribution in [-0.2, 0) is 13.1 Å². The molecular weight excluding hydrogens is 328 g/mol. The molecule has 3 rings (SSSR count). The zero-order valence-electron chi connectivity index (χ0n) is 13.7. The number of nitrogens with two attached hydrogens (primary N) is 1. The lowest BCUT2D eigenvalue weighted by atomic mass is 10.2. The van der Waals surface area contributed by atoms with Crippen molar-refractivity contribution < 1.29 is 18.6 Å². The summed E-state index contributed by atoms with van der Waals surface area (Å²) in [6.07, 6.45) is 0. The zero-order chi connectivity index (χ0) is 17.8. The number of ether oxygens (including phenoxy) is 1. The highest BCUT2D eigenvalue weighted by Gasteiger charge is 2.15. The van der Waals surface area contributed by atoms with Crippen molar-refractivity contribution in [2.45, 2.75) is 13.1 Å². The number of carbonyl (C=O) groups is 1. The van der Waals surface area contributed by atoms with Gasteiger partial charge in [-0.2, -0.15) is 9.97 Å². The van der Waals surface area contributed by atoms with Gasteiger partial charge < -0.3 is 19.5 Å². The fourth-order valence-corrected chi connectivity index (χ4v) is 2.12. The molecule has 0 spiro atoms. The van der Waals surface area contributed by atoms with Crippen LogP contribution in [0.25, 0.3) is 11.4 Å². The van der Waals surface area contributed by atoms with E-state index in [1.165, 1.54) is 0 Å². The van der Waals surface area contributed by atoms with E-state index in [9.17, 15) is 4.79 Å². The van der Waals surface area contributed by atoms with Gasteiger partial charge in [0.05, 0.1) is 20.2 Å². The molecule has 2 aromatic heterocycles. The Balaban J connectivity index is 1.62. The molecule has 10 heteroatoms. The van der Waals surface area contributed by atoms with Gasteiger partial charge in [0.1, 0.15) is 5.75 Å². The largest absolute Gasteiger partial charge is 0.497 e. The SMILES string of the molecule is COc1ccc(-c2noc(CN(C)Cc3noc(C(N)=O)n3)n2)cc1. The predicted octanol–water partition coefficient (Wildman–Crippen LogP) is 0.859. The summed E-state index contributed by atoms with van der Waals surface area (Å²) in [6, 6.07) is 7.35. The minimum absolute atomic E-state index is 0.219. The number of benzene rings is 1. The summed E-state index contributed by atoms with van der Waals surface area (Å²) in [5, 5.41) is 7.65. The Morgan fingerprint density at radius 1 is 1.16 bits per heavy atom. The number of nitrogens with zero attached hydrogens (tertiary/aromatic N) is 5. The number of rotatable bonds is 7. The minimum Gasteiger partial charge on any atom is -0.497 e. The number of amides is 1. The Labute approximate surface area is 142 Å². The van der Waals surface area contributed by atoms with Gasteiger partial charge in [0.25, 0.3) is 0 Å². The van der Waals surface area contributed by atoms with E-state index >= 15 is 0 Å². The van der Waals surface area contributed by atoms with E-state index in [2.05, 4.69) is 20.3 Å². The molecule has 10 nitrogen and oxygen atoms in total. The summed E-state index contributed by atoms with van der Waals surface area (Å²) in [5.41, 5.74) is 5.89. The van der Waals surface area contributed by atoms with E-state index in [0.29, 0.717) is 30.6 Å². The Bertz CT molecular complexity index is 857. The van der Waals surface area contributed by atoms with Gasteiger partial charge in [0.2, 0.25) is 11.7 Å². The van der Waals surface area contributed by atoms with Gasteiger partial charge in [0, 0.05) is 5.56 Å². The highest BCUT2D eigenvalue weighted by molar-refractivity contribution is 5.87. The third kappa shape index (κ3) is 3.98. The number of carbonyl (C=O) groups excluding carboxylic acids is 1. The van der Waals surface area contributed by atoms with Crippen LogP contribution in [0.15, 0.2) is 33.3 Å². The van der Waals surface area contributed by atoms with Crippen LogP contribution in [0, 0.1) is 0 Å². The van der Waals surface area contributed by atoms with Gasteiger partial charge in [-0.25, -0.2) is 0 Å². The molecule has 130 valence electrons. The fraction of sp³-hybridized carbons (Fsp3) is 0.267. The Morgan fingerprint density at radius 3 is 2.56 bits per heavy atom. The third-order valence-corrected chi connectivity index (χ3v) is 3.31. The fourth-order valence-electron chi connectivity index (χ4n) is 2.12. The van der Waals surface area contributed by atoms with Crippen molar-refractivity contribution in [1.29, 1.82) is 0 Å². The normalized spacial score (nSPS) is 11.0.